The van der Waals surface area contributed by atoms with Gasteiger partial charge in [-0.1, -0.05) is 13.8 Å². The Balaban J connectivity index is 2.21. The number of nitrogens with two attached hydrogens (primary N) is 1. The maximum absolute atomic E-state index is 5.64. The van der Waals surface area contributed by atoms with E-state index in [4.69, 9.17) is 5.73 Å². The Morgan fingerprint density at radius 3 is 2.89 bits per heavy atom. The van der Waals surface area contributed by atoms with Crippen molar-refractivity contribution in [2.75, 3.05) is 24.5 Å². The van der Waals surface area contributed by atoms with Crippen LogP contribution in [0.25, 0.3) is 0 Å². The van der Waals surface area contributed by atoms with E-state index in [0.717, 1.165) is 44.7 Å². The molecule has 0 aliphatic heterocycles. The molecule has 1 heterocycles. The zero-order chi connectivity index (χ0) is 13.0. The first-order chi connectivity index (χ1) is 8.72. The highest BCUT2D eigenvalue weighted by Crippen LogP contribution is 2.28. The molecule has 0 unspecified atom stereocenters. The zero-order valence-corrected chi connectivity index (χ0v) is 11.5. The average molecular weight is 248 g/mol. The first kappa shape index (κ1) is 13.3. The Kier molecular flexibility index (Phi) is 4.53. The van der Waals surface area contributed by atoms with E-state index < -0.39 is 0 Å². The predicted octanol–water partition coefficient (Wildman–Crippen LogP) is 1.78. The molecule has 0 amide bonds. The van der Waals surface area contributed by atoms with Gasteiger partial charge in [-0.05, 0) is 38.1 Å². The fourth-order valence-corrected chi connectivity index (χ4v) is 2.62. The number of aromatic nitrogens is 2. The third-order valence-electron chi connectivity index (χ3n) is 3.37. The molecular weight excluding hydrogens is 224 g/mol. The molecule has 4 heteroatoms. The Morgan fingerprint density at radius 2 is 2.17 bits per heavy atom. The van der Waals surface area contributed by atoms with Gasteiger partial charge in [-0.3, -0.25) is 0 Å². The van der Waals surface area contributed by atoms with E-state index in [1.54, 1.807) is 6.33 Å². The zero-order valence-electron chi connectivity index (χ0n) is 11.5. The number of fused-ring (bicyclic) bond motifs is 1. The summed E-state index contributed by atoms with van der Waals surface area (Å²) in [5.74, 6) is 1.79. The van der Waals surface area contributed by atoms with Crippen molar-refractivity contribution < 1.29 is 0 Å². The topological polar surface area (TPSA) is 55.0 Å². The maximum Gasteiger partial charge on any atom is 0.135 e. The number of hydrogen-bond acceptors (Lipinski definition) is 4. The van der Waals surface area contributed by atoms with Crippen LogP contribution >= 0.6 is 0 Å². The van der Waals surface area contributed by atoms with Gasteiger partial charge in [-0.15, -0.1) is 0 Å². The van der Waals surface area contributed by atoms with Gasteiger partial charge in [0.25, 0.3) is 0 Å². The lowest BCUT2D eigenvalue weighted by Crippen LogP contribution is -2.31. The van der Waals surface area contributed by atoms with E-state index in [9.17, 15) is 0 Å². The molecule has 0 radical (unpaired) electrons. The third-order valence-corrected chi connectivity index (χ3v) is 3.37. The van der Waals surface area contributed by atoms with Crippen LogP contribution in [0.5, 0.6) is 0 Å². The largest absolute Gasteiger partial charge is 0.356 e. The SMILES string of the molecule is CC(C)CN(CCCN)c1ncnc2c1CCC2. The van der Waals surface area contributed by atoms with Crippen LogP contribution in [0.2, 0.25) is 0 Å². The summed E-state index contributed by atoms with van der Waals surface area (Å²) in [5, 5.41) is 0. The molecule has 1 aromatic heterocycles. The molecule has 0 bridgehead atoms. The predicted molar refractivity (Wildman–Crippen MR) is 74.8 cm³/mol. The summed E-state index contributed by atoms with van der Waals surface area (Å²) in [5.41, 5.74) is 8.26. The van der Waals surface area contributed by atoms with Crippen molar-refractivity contribution in [2.24, 2.45) is 11.7 Å². The van der Waals surface area contributed by atoms with Gasteiger partial charge in [0, 0.05) is 24.3 Å². The smallest absolute Gasteiger partial charge is 0.135 e. The van der Waals surface area contributed by atoms with Crippen molar-refractivity contribution in [2.45, 2.75) is 39.5 Å². The number of anilines is 1. The van der Waals surface area contributed by atoms with Gasteiger partial charge in [0.15, 0.2) is 0 Å². The first-order valence-corrected chi connectivity index (χ1v) is 7.00. The van der Waals surface area contributed by atoms with Crippen LogP contribution in [0.3, 0.4) is 0 Å². The van der Waals surface area contributed by atoms with Gasteiger partial charge in [0.1, 0.15) is 12.1 Å². The highest BCUT2D eigenvalue weighted by Gasteiger charge is 2.21. The van der Waals surface area contributed by atoms with Crippen molar-refractivity contribution in [3.63, 3.8) is 0 Å². The molecule has 2 rings (SSSR count). The molecule has 1 aliphatic rings. The van der Waals surface area contributed by atoms with Crippen LogP contribution < -0.4 is 10.6 Å². The van der Waals surface area contributed by atoms with Gasteiger partial charge < -0.3 is 10.6 Å². The second-order valence-corrected chi connectivity index (χ2v) is 5.46. The highest BCUT2D eigenvalue weighted by atomic mass is 15.2. The molecule has 0 saturated carbocycles. The minimum Gasteiger partial charge on any atom is -0.356 e. The molecule has 0 spiro atoms. The van der Waals surface area contributed by atoms with Gasteiger partial charge in [-0.2, -0.15) is 0 Å². The van der Waals surface area contributed by atoms with Crippen LogP contribution in [0.15, 0.2) is 6.33 Å². The van der Waals surface area contributed by atoms with E-state index in [1.807, 2.05) is 0 Å². The maximum atomic E-state index is 5.64. The van der Waals surface area contributed by atoms with E-state index in [1.165, 1.54) is 17.7 Å². The van der Waals surface area contributed by atoms with E-state index in [0.29, 0.717) is 5.92 Å². The summed E-state index contributed by atoms with van der Waals surface area (Å²) < 4.78 is 0. The fourth-order valence-electron chi connectivity index (χ4n) is 2.62. The number of hydrogen-bond donors (Lipinski definition) is 1. The molecule has 0 atom stereocenters. The van der Waals surface area contributed by atoms with Gasteiger partial charge in [0.2, 0.25) is 0 Å². The molecule has 0 fully saturated rings. The number of nitrogens with zero attached hydrogens (tertiary/aromatic N) is 3. The van der Waals surface area contributed by atoms with Crippen molar-refractivity contribution >= 4 is 5.82 Å². The lowest BCUT2D eigenvalue weighted by atomic mass is 10.1. The van der Waals surface area contributed by atoms with Gasteiger partial charge in [-0.25, -0.2) is 9.97 Å². The van der Waals surface area contributed by atoms with Crippen LogP contribution in [0, 0.1) is 5.92 Å². The summed E-state index contributed by atoms with van der Waals surface area (Å²) in [4.78, 5) is 11.3. The molecule has 100 valence electrons. The van der Waals surface area contributed by atoms with E-state index >= 15 is 0 Å². The van der Waals surface area contributed by atoms with Crippen molar-refractivity contribution in [1.29, 1.82) is 0 Å². The minimum atomic E-state index is 0.634. The van der Waals surface area contributed by atoms with Gasteiger partial charge >= 0.3 is 0 Å². The van der Waals surface area contributed by atoms with Crippen LogP contribution in [0.4, 0.5) is 5.82 Å². The standard InChI is InChI=1S/C14H24N4/c1-11(2)9-18(8-4-7-15)14-12-5-3-6-13(12)16-10-17-14/h10-11H,3-9,15H2,1-2H3. The highest BCUT2D eigenvalue weighted by molar-refractivity contribution is 5.50. The lowest BCUT2D eigenvalue weighted by Gasteiger charge is -2.27. The van der Waals surface area contributed by atoms with Crippen molar-refractivity contribution in [3.8, 4) is 0 Å². The van der Waals surface area contributed by atoms with Crippen molar-refractivity contribution in [3.05, 3.63) is 17.6 Å². The Hall–Kier alpha value is -1.16. The Labute approximate surface area is 110 Å². The summed E-state index contributed by atoms with van der Waals surface area (Å²) in [7, 11) is 0. The summed E-state index contributed by atoms with van der Waals surface area (Å²) in [6.07, 6.45) is 6.19. The molecule has 2 N–H and O–H groups in total. The Bertz CT molecular complexity index is 389. The molecule has 1 aliphatic carbocycles. The second kappa shape index (κ2) is 6.14. The van der Waals surface area contributed by atoms with Gasteiger partial charge in [0.05, 0.1) is 0 Å². The monoisotopic (exact) mass is 248 g/mol. The molecule has 18 heavy (non-hydrogen) atoms. The summed E-state index contributed by atoms with van der Waals surface area (Å²) in [6, 6.07) is 0. The molecule has 4 nitrogen and oxygen atoms in total. The normalized spacial score (nSPS) is 14.0. The van der Waals surface area contributed by atoms with Crippen LogP contribution in [0.1, 0.15) is 37.9 Å². The number of rotatable bonds is 6. The van der Waals surface area contributed by atoms with E-state index in [2.05, 4.69) is 28.7 Å². The van der Waals surface area contributed by atoms with Crippen LogP contribution in [-0.2, 0) is 12.8 Å². The molecule has 0 saturated heterocycles. The average Bonchev–Trinajstić information content (AvgIpc) is 2.82. The molecule has 1 aromatic rings. The second-order valence-electron chi connectivity index (χ2n) is 5.46. The molecule has 0 aromatic carbocycles. The first-order valence-electron chi connectivity index (χ1n) is 7.00. The molecular formula is C14H24N4. The van der Waals surface area contributed by atoms with Crippen molar-refractivity contribution in [1.82, 2.24) is 9.97 Å². The summed E-state index contributed by atoms with van der Waals surface area (Å²) in [6.45, 7) is 7.27. The minimum absolute atomic E-state index is 0.634. The lowest BCUT2D eigenvalue weighted by molar-refractivity contribution is 0.594. The fraction of sp³-hybridized carbons (Fsp3) is 0.714. The quantitative estimate of drug-likeness (QED) is 0.833. The van der Waals surface area contributed by atoms with E-state index in [-0.39, 0.29) is 0 Å². The number of aryl methyl sites for hydroxylation is 1. The van der Waals surface area contributed by atoms with Crippen LogP contribution in [-0.4, -0.2) is 29.6 Å². The summed E-state index contributed by atoms with van der Waals surface area (Å²) >= 11 is 0. The Morgan fingerprint density at radius 1 is 1.33 bits per heavy atom. The third kappa shape index (κ3) is 2.99.